The molecule has 6 nitrogen and oxygen atoms in total. The second-order valence-electron chi connectivity index (χ2n) is 6.64. The van der Waals surface area contributed by atoms with E-state index < -0.39 is 0 Å². The topological polar surface area (TPSA) is 68.1 Å². The lowest BCUT2D eigenvalue weighted by Gasteiger charge is -2.31. The Morgan fingerprint density at radius 2 is 2.08 bits per heavy atom. The Bertz CT molecular complexity index is 768. The number of aryl methyl sites for hydroxylation is 1. The molecule has 2 heterocycles. The molecule has 1 fully saturated rings. The van der Waals surface area contributed by atoms with Crippen molar-refractivity contribution in [2.45, 2.75) is 39.7 Å². The zero-order chi connectivity index (χ0) is 17.8. The molecule has 1 aromatic heterocycles. The summed E-state index contributed by atoms with van der Waals surface area (Å²) in [6, 6.07) is 8.09. The summed E-state index contributed by atoms with van der Waals surface area (Å²) in [6.45, 7) is 5.69. The Balaban J connectivity index is 1.68. The highest BCUT2D eigenvalue weighted by Gasteiger charge is 2.29. The Hall–Kier alpha value is -2.50. The van der Waals surface area contributed by atoms with Gasteiger partial charge in [0.15, 0.2) is 5.69 Å². The number of hydrogen-bond donors (Lipinski definition) is 0. The average molecular weight is 340 g/mol. The summed E-state index contributed by atoms with van der Waals surface area (Å²) in [7, 11) is 0. The molecule has 25 heavy (non-hydrogen) atoms. The van der Waals surface area contributed by atoms with E-state index in [1.165, 1.54) is 5.56 Å². The van der Waals surface area contributed by atoms with Crippen LogP contribution in [-0.4, -0.2) is 44.7 Å². The molecule has 0 saturated carbocycles. The molecule has 3 rings (SSSR count). The number of carbonyl (C=O) groups excluding carboxylic acids is 2. The number of amides is 1. The van der Waals surface area contributed by atoms with E-state index in [0.717, 1.165) is 18.4 Å². The first-order valence-corrected chi connectivity index (χ1v) is 8.85. The Morgan fingerprint density at radius 3 is 2.84 bits per heavy atom. The highest BCUT2D eigenvalue weighted by molar-refractivity contribution is 5.92. The molecule has 1 aliphatic rings. The Labute approximate surface area is 147 Å². The summed E-state index contributed by atoms with van der Waals surface area (Å²) < 4.78 is 1.69. The molecule has 1 aliphatic heterocycles. The van der Waals surface area contributed by atoms with Crippen LogP contribution in [0.4, 0.5) is 0 Å². The molecule has 0 bridgehead atoms. The van der Waals surface area contributed by atoms with Crippen LogP contribution in [-0.2, 0) is 11.3 Å². The van der Waals surface area contributed by atoms with E-state index in [0.29, 0.717) is 31.7 Å². The van der Waals surface area contributed by atoms with Crippen LogP contribution in [0, 0.1) is 12.8 Å². The highest BCUT2D eigenvalue weighted by Crippen LogP contribution is 2.20. The second kappa shape index (κ2) is 7.59. The molecular formula is C19H24N4O2. The first kappa shape index (κ1) is 17.3. The number of hydrogen-bond acceptors (Lipinski definition) is 4. The minimum Gasteiger partial charge on any atom is -0.336 e. The zero-order valence-electron chi connectivity index (χ0n) is 14.8. The van der Waals surface area contributed by atoms with E-state index >= 15 is 0 Å². The number of aromatic nitrogens is 3. The van der Waals surface area contributed by atoms with Crippen molar-refractivity contribution >= 4 is 11.7 Å². The van der Waals surface area contributed by atoms with Gasteiger partial charge in [-0.25, -0.2) is 4.68 Å². The van der Waals surface area contributed by atoms with E-state index in [-0.39, 0.29) is 17.6 Å². The summed E-state index contributed by atoms with van der Waals surface area (Å²) in [4.78, 5) is 26.4. The van der Waals surface area contributed by atoms with Crippen molar-refractivity contribution in [1.29, 1.82) is 0 Å². The molecule has 0 radical (unpaired) electrons. The van der Waals surface area contributed by atoms with Gasteiger partial charge in [0.25, 0.3) is 5.91 Å². The molecule has 0 N–H and O–H groups in total. The molecule has 1 atom stereocenters. The average Bonchev–Trinajstić information content (AvgIpc) is 3.11. The predicted octanol–water partition coefficient (Wildman–Crippen LogP) is 2.47. The lowest BCUT2D eigenvalue weighted by atomic mass is 9.92. The van der Waals surface area contributed by atoms with Crippen LogP contribution in [0.3, 0.4) is 0 Å². The van der Waals surface area contributed by atoms with Gasteiger partial charge in [0.2, 0.25) is 0 Å². The van der Waals surface area contributed by atoms with Gasteiger partial charge < -0.3 is 4.90 Å². The lowest BCUT2D eigenvalue weighted by molar-refractivity contribution is -0.123. The molecule has 0 spiro atoms. The van der Waals surface area contributed by atoms with Crippen molar-refractivity contribution in [2.24, 2.45) is 5.92 Å². The van der Waals surface area contributed by atoms with Gasteiger partial charge in [-0.3, -0.25) is 9.59 Å². The van der Waals surface area contributed by atoms with Crippen molar-refractivity contribution in [3.05, 3.63) is 47.3 Å². The number of Topliss-reactive ketones (excluding diaryl/α,β-unsaturated/α-hetero) is 1. The van der Waals surface area contributed by atoms with Crippen molar-refractivity contribution in [2.75, 3.05) is 13.1 Å². The molecule has 0 aliphatic carbocycles. The minimum atomic E-state index is -0.135. The molecule has 2 aromatic rings. The number of nitrogens with zero attached hydrogens (tertiary/aromatic N) is 4. The fourth-order valence-electron chi connectivity index (χ4n) is 3.31. The number of ketones is 1. The van der Waals surface area contributed by atoms with E-state index in [4.69, 9.17) is 0 Å². The number of carbonyl (C=O) groups is 2. The van der Waals surface area contributed by atoms with Crippen molar-refractivity contribution in [3.8, 4) is 0 Å². The highest BCUT2D eigenvalue weighted by atomic mass is 16.2. The maximum absolute atomic E-state index is 12.7. The van der Waals surface area contributed by atoms with Crippen LogP contribution in [0.1, 0.15) is 47.8 Å². The van der Waals surface area contributed by atoms with E-state index in [1.54, 1.807) is 15.8 Å². The predicted molar refractivity (Wildman–Crippen MR) is 94.2 cm³/mol. The van der Waals surface area contributed by atoms with Crippen LogP contribution in [0.15, 0.2) is 30.5 Å². The maximum Gasteiger partial charge on any atom is 0.276 e. The zero-order valence-corrected chi connectivity index (χ0v) is 14.8. The SMILES string of the molecule is CCC(=O)[C@@H]1CCCN(C(=O)c2cn(Cc3ccccc3C)nn2)C1. The third-order valence-electron chi connectivity index (χ3n) is 4.86. The van der Waals surface area contributed by atoms with Gasteiger partial charge in [-0.2, -0.15) is 0 Å². The number of benzene rings is 1. The minimum absolute atomic E-state index is 0.0373. The smallest absolute Gasteiger partial charge is 0.276 e. The normalized spacial score (nSPS) is 17.5. The molecule has 1 aromatic carbocycles. The monoisotopic (exact) mass is 340 g/mol. The van der Waals surface area contributed by atoms with Crippen molar-refractivity contribution in [1.82, 2.24) is 19.9 Å². The summed E-state index contributed by atoms with van der Waals surface area (Å²) in [5.41, 5.74) is 2.68. The van der Waals surface area contributed by atoms with Crippen LogP contribution in [0.2, 0.25) is 0 Å². The van der Waals surface area contributed by atoms with Gasteiger partial charge in [0, 0.05) is 25.4 Å². The van der Waals surface area contributed by atoms with Crippen LogP contribution in [0.25, 0.3) is 0 Å². The first-order valence-electron chi connectivity index (χ1n) is 8.85. The van der Waals surface area contributed by atoms with Crippen LogP contribution < -0.4 is 0 Å². The van der Waals surface area contributed by atoms with E-state index in [2.05, 4.69) is 23.3 Å². The number of rotatable bonds is 5. The Morgan fingerprint density at radius 1 is 1.28 bits per heavy atom. The molecule has 132 valence electrons. The van der Waals surface area contributed by atoms with Gasteiger partial charge in [0.05, 0.1) is 12.7 Å². The van der Waals surface area contributed by atoms with Crippen LogP contribution in [0.5, 0.6) is 0 Å². The summed E-state index contributed by atoms with van der Waals surface area (Å²) in [5.74, 6) is 0.0649. The summed E-state index contributed by atoms with van der Waals surface area (Å²) in [5, 5.41) is 8.14. The molecule has 6 heteroatoms. The quantitative estimate of drug-likeness (QED) is 0.838. The number of piperidine rings is 1. The van der Waals surface area contributed by atoms with Gasteiger partial charge in [0.1, 0.15) is 5.78 Å². The number of likely N-dealkylation sites (tertiary alicyclic amines) is 1. The van der Waals surface area contributed by atoms with Crippen LogP contribution >= 0.6 is 0 Å². The Kier molecular flexibility index (Phi) is 5.26. The summed E-state index contributed by atoms with van der Waals surface area (Å²) >= 11 is 0. The molecular weight excluding hydrogens is 316 g/mol. The van der Waals surface area contributed by atoms with Gasteiger partial charge in [-0.15, -0.1) is 5.10 Å². The van der Waals surface area contributed by atoms with Gasteiger partial charge in [-0.05, 0) is 30.9 Å². The van der Waals surface area contributed by atoms with Gasteiger partial charge in [-0.1, -0.05) is 36.4 Å². The second-order valence-corrected chi connectivity index (χ2v) is 6.64. The lowest BCUT2D eigenvalue weighted by Crippen LogP contribution is -2.42. The van der Waals surface area contributed by atoms with Crippen molar-refractivity contribution in [3.63, 3.8) is 0 Å². The fourth-order valence-corrected chi connectivity index (χ4v) is 3.31. The van der Waals surface area contributed by atoms with E-state index in [1.807, 2.05) is 25.1 Å². The third kappa shape index (κ3) is 3.95. The molecule has 1 amide bonds. The first-order chi connectivity index (χ1) is 12.1. The summed E-state index contributed by atoms with van der Waals surface area (Å²) in [6.07, 6.45) is 3.95. The van der Waals surface area contributed by atoms with Crippen molar-refractivity contribution < 1.29 is 9.59 Å². The van der Waals surface area contributed by atoms with Gasteiger partial charge >= 0.3 is 0 Å². The van der Waals surface area contributed by atoms with E-state index in [9.17, 15) is 9.59 Å². The third-order valence-corrected chi connectivity index (χ3v) is 4.86. The fraction of sp³-hybridized carbons (Fsp3) is 0.474. The largest absolute Gasteiger partial charge is 0.336 e. The molecule has 0 unspecified atom stereocenters. The maximum atomic E-state index is 12.7. The standard InChI is InChI=1S/C19H24N4O2/c1-3-18(24)16-9-6-10-22(11-16)19(25)17-13-23(21-20-17)12-15-8-5-4-7-14(15)2/h4-5,7-8,13,16H,3,6,9-12H2,1-2H3/t16-/m1/s1. The molecule has 1 saturated heterocycles.